The number of nitrogens with zero attached hydrogens (tertiary/aromatic N) is 1. The van der Waals surface area contributed by atoms with Crippen molar-refractivity contribution < 1.29 is 42.0 Å². The number of alkyl halides is 3. The Morgan fingerprint density at radius 3 is 2.59 bits per heavy atom. The lowest BCUT2D eigenvalue weighted by atomic mass is 10.0. The fourth-order valence-corrected chi connectivity index (χ4v) is 3.34. The molecule has 0 radical (unpaired) electrons. The van der Waals surface area contributed by atoms with Crippen molar-refractivity contribution in [2.45, 2.75) is 18.9 Å². The topological polar surface area (TPSA) is 98.0 Å². The Kier molecular flexibility index (Phi) is 6.19. The molecule has 3 aromatic rings. The molecule has 1 unspecified atom stereocenters. The van der Waals surface area contributed by atoms with Crippen LogP contribution >= 0.6 is 0 Å². The summed E-state index contributed by atoms with van der Waals surface area (Å²) in [5.74, 6) is -0.475. The maximum Gasteiger partial charge on any atom is 0.416 e. The minimum Gasteiger partial charge on any atom is -0.489 e. The number of carbonyl (C=O) groups is 1. The summed E-state index contributed by atoms with van der Waals surface area (Å²) in [6, 6.07) is 15.3. The van der Waals surface area contributed by atoms with E-state index in [0.717, 1.165) is 23.8 Å². The molecule has 1 atom stereocenters. The van der Waals surface area contributed by atoms with Gasteiger partial charge >= 0.3 is 12.1 Å². The summed E-state index contributed by atoms with van der Waals surface area (Å²) in [5, 5.41) is 19.0. The molecular weight excluding hydrogens is 455 g/mol. The second kappa shape index (κ2) is 9.23. The second-order valence-corrected chi connectivity index (χ2v) is 7.17. The molecule has 3 aromatic carbocycles. The third-order valence-corrected chi connectivity index (χ3v) is 4.93. The van der Waals surface area contributed by atoms with E-state index < -0.39 is 29.4 Å². The fraction of sp³-hybridized carbons (Fsp3) is 0.167. The number of ether oxygens (including phenoxy) is 4. The van der Waals surface area contributed by atoms with E-state index in [1.165, 1.54) is 24.3 Å². The molecule has 0 bridgehead atoms. The van der Waals surface area contributed by atoms with E-state index in [9.17, 15) is 28.3 Å². The van der Waals surface area contributed by atoms with Crippen LogP contribution in [0.15, 0.2) is 60.7 Å². The van der Waals surface area contributed by atoms with Gasteiger partial charge in [-0.3, -0.25) is 0 Å². The van der Waals surface area contributed by atoms with Crippen LogP contribution in [-0.4, -0.2) is 17.9 Å². The third kappa shape index (κ3) is 4.83. The van der Waals surface area contributed by atoms with Crippen LogP contribution in [0.1, 0.15) is 28.4 Å². The highest BCUT2D eigenvalue weighted by molar-refractivity contribution is 5.75. The minimum absolute atomic E-state index is 0.0637. The number of rotatable bonds is 7. The Morgan fingerprint density at radius 1 is 1.09 bits per heavy atom. The molecule has 0 saturated carbocycles. The maximum absolute atomic E-state index is 13.4. The zero-order chi connectivity index (χ0) is 24.3. The molecular formula is C24H16F3NO6. The number of hydrogen-bond acceptors (Lipinski definition) is 6. The average molecular weight is 471 g/mol. The first-order chi connectivity index (χ1) is 16.3. The van der Waals surface area contributed by atoms with Gasteiger partial charge in [-0.2, -0.15) is 18.4 Å². The highest BCUT2D eigenvalue weighted by Gasteiger charge is 2.38. The van der Waals surface area contributed by atoms with Crippen LogP contribution in [0, 0.1) is 11.3 Å². The van der Waals surface area contributed by atoms with Gasteiger partial charge in [-0.1, -0.05) is 24.3 Å². The Morgan fingerprint density at radius 2 is 1.85 bits per heavy atom. The van der Waals surface area contributed by atoms with Gasteiger partial charge in [0.25, 0.3) is 0 Å². The van der Waals surface area contributed by atoms with Gasteiger partial charge in [-0.15, -0.1) is 0 Å². The maximum atomic E-state index is 13.4. The van der Waals surface area contributed by atoms with E-state index in [1.54, 1.807) is 18.2 Å². The molecule has 1 heterocycles. The lowest BCUT2D eigenvalue weighted by molar-refractivity contribution is -0.147. The Balaban J connectivity index is 1.59. The molecule has 1 aliphatic heterocycles. The van der Waals surface area contributed by atoms with Gasteiger partial charge in [0.05, 0.1) is 11.1 Å². The van der Waals surface area contributed by atoms with Crippen LogP contribution in [0.4, 0.5) is 13.2 Å². The molecule has 0 aromatic heterocycles. The van der Waals surface area contributed by atoms with Gasteiger partial charge in [0.1, 0.15) is 24.2 Å². The van der Waals surface area contributed by atoms with Crippen LogP contribution in [-0.2, 0) is 17.6 Å². The van der Waals surface area contributed by atoms with E-state index in [4.69, 9.17) is 18.9 Å². The van der Waals surface area contributed by atoms with Gasteiger partial charge in [0.2, 0.25) is 12.9 Å². The molecule has 1 N–H and O–H groups in total. The number of fused-ring (bicyclic) bond motifs is 1. The van der Waals surface area contributed by atoms with Crippen molar-refractivity contribution in [2.75, 3.05) is 6.79 Å². The van der Waals surface area contributed by atoms with E-state index in [1.807, 2.05) is 6.07 Å². The van der Waals surface area contributed by atoms with Gasteiger partial charge in [-0.25, -0.2) is 4.79 Å². The van der Waals surface area contributed by atoms with E-state index >= 15 is 0 Å². The zero-order valence-corrected chi connectivity index (χ0v) is 17.3. The van der Waals surface area contributed by atoms with Crippen molar-refractivity contribution in [1.29, 1.82) is 5.26 Å². The van der Waals surface area contributed by atoms with Crippen molar-refractivity contribution in [1.82, 2.24) is 0 Å². The number of hydrogen-bond donors (Lipinski definition) is 1. The standard InChI is InChI=1S/C24H16F3NO6/c25-24(26,27)18-4-2-1-3-17(18)22(23(29)30)34-20-10-16(7-6-15(20)11-28)31-12-14-5-8-19-21(9-14)33-13-32-19/h1-10,22H,12-13H2,(H,29,30). The average Bonchev–Trinajstić information content (AvgIpc) is 3.28. The summed E-state index contributed by atoms with van der Waals surface area (Å²) in [5.41, 5.74) is -1.04. The zero-order valence-electron chi connectivity index (χ0n) is 17.3. The summed E-state index contributed by atoms with van der Waals surface area (Å²) in [6.07, 6.45) is -6.80. The summed E-state index contributed by atoms with van der Waals surface area (Å²) in [4.78, 5) is 11.8. The largest absolute Gasteiger partial charge is 0.489 e. The van der Waals surface area contributed by atoms with E-state index in [-0.39, 0.29) is 30.5 Å². The van der Waals surface area contributed by atoms with Crippen molar-refractivity contribution >= 4 is 5.97 Å². The number of benzene rings is 3. The van der Waals surface area contributed by atoms with Gasteiger partial charge in [0, 0.05) is 11.6 Å². The Bertz CT molecular complexity index is 1270. The van der Waals surface area contributed by atoms with Crippen LogP contribution in [0.3, 0.4) is 0 Å². The molecule has 1 aliphatic rings. The minimum atomic E-state index is -4.79. The summed E-state index contributed by atoms with van der Waals surface area (Å²) >= 11 is 0. The summed E-state index contributed by atoms with van der Waals surface area (Å²) in [6.45, 7) is 0.222. The SMILES string of the molecule is N#Cc1ccc(OCc2ccc3c(c2)OCO3)cc1OC(C(=O)O)c1ccccc1C(F)(F)F. The molecule has 34 heavy (non-hydrogen) atoms. The molecule has 7 nitrogen and oxygen atoms in total. The molecule has 0 aliphatic carbocycles. The fourth-order valence-electron chi connectivity index (χ4n) is 3.34. The first-order valence-corrected chi connectivity index (χ1v) is 9.87. The Labute approximate surface area is 191 Å². The molecule has 4 rings (SSSR count). The van der Waals surface area contributed by atoms with Gasteiger partial charge < -0.3 is 24.1 Å². The van der Waals surface area contributed by atoms with Crippen LogP contribution < -0.4 is 18.9 Å². The van der Waals surface area contributed by atoms with Gasteiger partial charge in [-0.05, 0) is 35.9 Å². The van der Waals surface area contributed by atoms with Crippen LogP contribution in [0.2, 0.25) is 0 Å². The van der Waals surface area contributed by atoms with E-state index in [2.05, 4.69) is 0 Å². The molecule has 0 amide bonds. The lowest BCUT2D eigenvalue weighted by Gasteiger charge is -2.20. The quantitative estimate of drug-likeness (QED) is 0.513. The monoisotopic (exact) mass is 471 g/mol. The van der Waals surface area contributed by atoms with Crippen molar-refractivity contribution in [2.24, 2.45) is 0 Å². The van der Waals surface area contributed by atoms with Crippen molar-refractivity contribution in [3.63, 3.8) is 0 Å². The Hall–Kier alpha value is -4.39. The molecule has 0 spiro atoms. The third-order valence-electron chi connectivity index (χ3n) is 4.93. The molecule has 174 valence electrons. The first kappa shape index (κ1) is 22.8. The summed E-state index contributed by atoms with van der Waals surface area (Å²) < 4.78 is 62.0. The lowest BCUT2D eigenvalue weighted by Crippen LogP contribution is -2.22. The highest BCUT2D eigenvalue weighted by atomic mass is 19.4. The molecule has 0 fully saturated rings. The predicted octanol–water partition coefficient (Wildman–Crippen LogP) is 5.09. The number of carboxylic acids is 1. The first-order valence-electron chi connectivity index (χ1n) is 9.87. The number of aliphatic carboxylic acids is 1. The van der Waals surface area contributed by atoms with Crippen LogP contribution in [0.5, 0.6) is 23.0 Å². The molecule has 10 heteroatoms. The normalized spacial score (nSPS) is 13.1. The highest BCUT2D eigenvalue weighted by Crippen LogP contribution is 2.37. The molecule has 0 saturated heterocycles. The number of halogens is 3. The number of carboxylic acid groups (broad SMARTS) is 1. The summed E-state index contributed by atoms with van der Waals surface area (Å²) in [7, 11) is 0. The van der Waals surface area contributed by atoms with Crippen molar-refractivity contribution in [3.05, 3.63) is 82.9 Å². The van der Waals surface area contributed by atoms with E-state index in [0.29, 0.717) is 11.5 Å². The number of nitriles is 1. The van der Waals surface area contributed by atoms with Crippen LogP contribution in [0.25, 0.3) is 0 Å². The smallest absolute Gasteiger partial charge is 0.416 e. The predicted molar refractivity (Wildman–Crippen MR) is 111 cm³/mol. The van der Waals surface area contributed by atoms with Crippen molar-refractivity contribution in [3.8, 4) is 29.1 Å². The van der Waals surface area contributed by atoms with Gasteiger partial charge in [0.15, 0.2) is 11.5 Å². The second-order valence-electron chi connectivity index (χ2n) is 7.17.